The molecule has 0 radical (unpaired) electrons. The molecule has 0 unspecified atom stereocenters. The number of amides is 1. The molecule has 7 nitrogen and oxygen atoms in total. The summed E-state index contributed by atoms with van der Waals surface area (Å²) < 4.78 is 15.4. The van der Waals surface area contributed by atoms with E-state index in [-0.39, 0.29) is 12.4 Å². The number of fused-ring (bicyclic) bond motifs is 1. The topological polar surface area (TPSA) is 90.1 Å². The second-order valence-corrected chi connectivity index (χ2v) is 4.45. The molecular formula is C15H12N2O5. The van der Waals surface area contributed by atoms with E-state index in [0.29, 0.717) is 23.3 Å². The molecule has 0 atom stereocenters. The number of para-hydroxylation sites is 1. The van der Waals surface area contributed by atoms with E-state index >= 15 is 0 Å². The van der Waals surface area contributed by atoms with E-state index in [1.54, 1.807) is 30.3 Å². The van der Waals surface area contributed by atoms with Crippen molar-refractivity contribution < 1.29 is 18.7 Å². The molecule has 1 aliphatic rings. The van der Waals surface area contributed by atoms with Crippen molar-refractivity contribution in [2.75, 3.05) is 6.61 Å². The summed E-state index contributed by atoms with van der Waals surface area (Å²) in [6.45, 7) is -0.280. The summed E-state index contributed by atoms with van der Waals surface area (Å²) in [5, 5.41) is 4.40. The van der Waals surface area contributed by atoms with Gasteiger partial charge in [-0.1, -0.05) is 12.1 Å². The molecule has 112 valence electrons. The van der Waals surface area contributed by atoms with Crippen LogP contribution in [0.5, 0.6) is 5.75 Å². The third-order valence-electron chi connectivity index (χ3n) is 2.87. The lowest BCUT2D eigenvalue weighted by atomic mass is 10.2. The van der Waals surface area contributed by atoms with E-state index in [2.05, 4.69) is 10.5 Å². The lowest BCUT2D eigenvalue weighted by Gasteiger charge is -2.07. The quantitative estimate of drug-likeness (QED) is 0.683. The zero-order valence-corrected chi connectivity index (χ0v) is 11.4. The molecule has 2 aromatic rings. The normalized spacial score (nSPS) is 15.0. The van der Waals surface area contributed by atoms with Crippen LogP contribution in [0.15, 0.2) is 57.0 Å². The van der Waals surface area contributed by atoms with Crippen LogP contribution in [0, 0.1) is 0 Å². The van der Waals surface area contributed by atoms with Gasteiger partial charge in [0.25, 0.3) is 5.91 Å². The van der Waals surface area contributed by atoms with Gasteiger partial charge in [-0.25, -0.2) is 10.2 Å². The van der Waals surface area contributed by atoms with E-state index in [1.807, 2.05) is 0 Å². The Kier molecular flexibility index (Phi) is 3.86. The number of nitrogens with one attached hydrogen (secondary N) is 1. The fourth-order valence-electron chi connectivity index (χ4n) is 1.90. The second kappa shape index (κ2) is 6.13. The van der Waals surface area contributed by atoms with Crippen LogP contribution in [0.1, 0.15) is 6.42 Å². The smallest absolute Gasteiger partial charge is 0.339 e. The van der Waals surface area contributed by atoms with Gasteiger partial charge in [-0.15, -0.1) is 5.10 Å². The largest absolute Gasteiger partial charge is 0.483 e. The molecule has 1 aliphatic heterocycles. The molecule has 1 aromatic heterocycles. The average molecular weight is 300 g/mol. The molecule has 1 aromatic carbocycles. The van der Waals surface area contributed by atoms with Gasteiger partial charge in [0, 0.05) is 6.42 Å². The van der Waals surface area contributed by atoms with Crippen molar-refractivity contribution in [3.05, 3.63) is 53.1 Å². The molecule has 1 N–H and O–H groups in total. The Hall–Kier alpha value is -3.09. The maximum absolute atomic E-state index is 11.7. The first-order valence-electron chi connectivity index (χ1n) is 6.55. The first kappa shape index (κ1) is 13.9. The van der Waals surface area contributed by atoms with Crippen molar-refractivity contribution in [3.63, 3.8) is 0 Å². The van der Waals surface area contributed by atoms with Gasteiger partial charge >= 0.3 is 5.63 Å². The van der Waals surface area contributed by atoms with E-state index in [9.17, 15) is 9.59 Å². The van der Waals surface area contributed by atoms with E-state index in [1.165, 1.54) is 12.3 Å². The number of benzene rings is 1. The number of carbonyl (C=O) groups excluding carboxylic acids is 1. The van der Waals surface area contributed by atoms with Crippen LogP contribution in [0.2, 0.25) is 0 Å². The average Bonchev–Trinajstić information content (AvgIpc) is 3.04. The Morgan fingerprint density at radius 2 is 2.23 bits per heavy atom. The van der Waals surface area contributed by atoms with Crippen LogP contribution in [0.4, 0.5) is 0 Å². The molecule has 0 bridgehead atoms. The van der Waals surface area contributed by atoms with E-state index < -0.39 is 11.5 Å². The predicted octanol–water partition coefficient (Wildman–Crippen LogP) is 1.54. The molecule has 0 saturated carbocycles. The Labute approximate surface area is 124 Å². The highest BCUT2D eigenvalue weighted by Crippen LogP contribution is 2.22. The molecule has 22 heavy (non-hydrogen) atoms. The number of hydrogen-bond donors (Lipinski definition) is 1. The standard InChI is InChI=1S/C15H12N2O5/c18-13(16-17-14-6-3-7-20-14)9-21-12-8-15(19)22-11-5-2-1-4-10(11)12/h1-5,7-8H,6,9H2,(H,16,18). The van der Waals surface area contributed by atoms with Crippen molar-refractivity contribution in [3.8, 4) is 5.75 Å². The number of hydrogen-bond acceptors (Lipinski definition) is 6. The van der Waals surface area contributed by atoms with Gasteiger partial charge in [-0.05, 0) is 18.2 Å². The zero-order chi connectivity index (χ0) is 15.4. The second-order valence-electron chi connectivity index (χ2n) is 4.45. The highest BCUT2D eigenvalue weighted by Gasteiger charge is 2.09. The number of nitrogens with zero attached hydrogens (tertiary/aromatic N) is 1. The van der Waals surface area contributed by atoms with Gasteiger partial charge in [-0.2, -0.15) is 0 Å². The molecule has 0 fully saturated rings. The molecular weight excluding hydrogens is 288 g/mol. The molecule has 7 heteroatoms. The minimum atomic E-state index is -0.542. The van der Waals surface area contributed by atoms with Crippen LogP contribution in [0.25, 0.3) is 11.0 Å². The summed E-state index contributed by atoms with van der Waals surface area (Å²) in [6.07, 6.45) is 3.80. The molecule has 1 amide bonds. The van der Waals surface area contributed by atoms with Gasteiger partial charge in [0.2, 0.25) is 5.90 Å². The lowest BCUT2D eigenvalue weighted by molar-refractivity contribution is -0.123. The minimum Gasteiger partial charge on any atom is -0.483 e. The van der Waals surface area contributed by atoms with Gasteiger partial charge in [0.05, 0.1) is 17.7 Å². The predicted molar refractivity (Wildman–Crippen MR) is 78.4 cm³/mol. The molecule has 0 spiro atoms. The third-order valence-corrected chi connectivity index (χ3v) is 2.87. The summed E-state index contributed by atoms with van der Waals surface area (Å²) in [7, 11) is 0. The fraction of sp³-hybridized carbons (Fsp3) is 0.133. The fourth-order valence-corrected chi connectivity index (χ4v) is 1.90. The van der Waals surface area contributed by atoms with Gasteiger partial charge < -0.3 is 13.9 Å². The SMILES string of the molecule is O=C(COc1cc(=O)oc2ccccc12)NN=C1CC=CO1. The third kappa shape index (κ3) is 3.14. The summed E-state index contributed by atoms with van der Waals surface area (Å²) in [6, 6.07) is 8.12. The molecule has 0 saturated heterocycles. The Morgan fingerprint density at radius 3 is 3.05 bits per heavy atom. The summed E-state index contributed by atoms with van der Waals surface area (Å²) in [5.74, 6) is 0.230. The van der Waals surface area contributed by atoms with Crippen molar-refractivity contribution in [1.82, 2.24) is 5.43 Å². The lowest BCUT2D eigenvalue weighted by Crippen LogP contribution is -2.26. The maximum atomic E-state index is 11.7. The van der Waals surface area contributed by atoms with Crippen molar-refractivity contribution in [1.29, 1.82) is 0 Å². The first-order valence-corrected chi connectivity index (χ1v) is 6.55. The number of rotatable bonds is 4. The zero-order valence-electron chi connectivity index (χ0n) is 11.4. The van der Waals surface area contributed by atoms with Crippen molar-refractivity contribution in [2.45, 2.75) is 6.42 Å². The first-order chi connectivity index (χ1) is 10.7. The maximum Gasteiger partial charge on any atom is 0.339 e. The minimum absolute atomic E-state index is 0.280. The van der Waals surface area contributed by atoms with Crippen molar-refractivity contribution in [2.24, 2.45) is 5.10 Å². The van der Waals surface area contributed by atoms with Crippen LogP contribution in [-0.2, 0) is 9.53 Å². The molecule has 3 rings (SSSR count). The molecule has 2 heterocycles. The Morgan fingerprint density at radius 1 is 1.36 bits per heavy atom. The van der Waals surface area contributed by atoms with Gasteiger partial charge in [0.1, 0.15) is 11.3 Å². The van der Waals surface area contributed by atoms with Crippen molar-refractivity contribution >= 4 is 22.8 Å². The van der Waals surface area contributed by atoms with Crippen LogP contribution >= 0.6 is 0 Å². The van der Waals surface area contributed by atoms with E-state index in [0.717, 1.165) is 0 Å². The summed E-state index contributed by atoms with van der Waals surface area (Å²) >= 11 is 0. The monoisotopic (exact) mass is 300 g/mol. The highest BCUT2D eigenvalue weighted by atomic mass is 16.5. The number of hydrazone groups is 1. The Balaban J connectivity index is 1.67. The molecule has 0 aliphatic carbocycles. The van der Waals surface area contributed by atoms with E-state index in [4.69, 9.17) is 13.9 Å². The van der Waals surface area contributed by atoms with Gasteiger partial charge in [0.15, 0.2) is 6.61 Å². The van der Waals surface area contributed by atoms with Crippen LogP contribution < -0.4 is 15.8 Å². The van der Waals surface area contributed by atoms with Crippen LogP contribution in [-0.4, -0.2) is 18.4 Å². The Bertz CT molecular complexity index is 812. The van der Waals surface area contributed by atoms with Crippen LogP contribution in [0.3, 0.4) is 0 Å². The summed E-state index contributed by atoms with van der Waals surface area (Å²) in [5.41, 5.74) is 2.17. The number of carbonyl (C=O) groups is 1. The number of ether oxygens (including phenoxy) is 2. The summed E-state index contributed by atoms with van der Waals surface area (Å²) in [4.78, 5) is 23.1. The van der Waals surface area contributed by atoms with Gasteiger partial charge in [-0.3, -0.25) is 4.79 Å². The highest BCUT2D eigenvalue weighted by molar-refractivity contribution is 5.85.